The largest absolute Gasteiger partial charge is 0.352 e. The summed E-state index contributed by atoms with van der Waals surface area (Å²) in [6, 6.07) is 9.92. The van der Waals surface area contributed by atoms with E-state index in [2.05, 4.69) is 27.3 Å². The first kappa shape index (κ1) is 18.6. The van der Waals surface area contributed by atoms with E-state index in [0.717, 1.165) is 56.2 Å². The normalized spacial score (nSPS) is 16.0. The molecule has 3 rings (SSSR count). The number of carbonyl (C=O) groups is 1. The molecular weight excluding hydrogens is 326 g/mol. The van der Waals surface area contributed by atoms with E-state index in [4.69, 9.17) is 0 Å². The van der Waals surface area contributed by atoms with Crippen molar-refractivity contribution < 1.29 is 4.79 Å². The molecule has 0 radical (unpaired) electrons. The average Bonchev–Trinajstić information content (AvgIpc) is 2.95. The van der Waals surface area contributed by atoms with Gasteiger partial charge in [-0.3, -0.25) is 4.79 Å². The Morgan fingerprint density at radius 3 is 2.50 bits per heavy atom. The van der Waals surface area contributed by atoms with E-state index in [1.807, 2.05) is 48.9 Å². The van der Waals surface area contributed by atoms with Crippen molar-refractivity contribution in [2.75, 3.05) is 46.3 Å². The highest BCUT2D eigenvalue weighted by Gasteiger charge is 2.19. The fourth-order valence-corrected chi connectivity index (χ4v) is 3.46. The first-order chi connectivity index (χ1) is 12.6. The third kappa shape index (κ3) is 4.31. The van der Waals surface area contributed by atoms with Crippen LogP contribution in [-0.2, 0) is 0 Å². The number of para-hydroxylation sites is 1. The van der Waals surface area contributed by atoms with Crippen LogP contribution in [-0.4, -0.2) is 71.8 Å². The fraction of sp³-hybridized carbons (Fsp3) is 0.500. The maximum Gasteiger partial charge on any atom is 0.255 e. The first-order valence-corrected chi connectivity index (χ1v) is 9.37. The van der Waals surface area contributed by atoms with Crippen LogP contribution in [0.15, 0.2) is 30.3 Å². The number of hydrogen-bond donors (Lipinski definition) is 1. The third-order valence-corrected chi connectivity index (χ3v) is 5.05. The number of nitrogens with zero attached hydrogens (tertiary/aromatic N) is 4. The molecule has 2 heterocycles. The van der Waals surface area contributed by atoms with Gasteiger partial charge in [-0.05, 0) is 46.0 Å². The molecule has 1 saturated heterocycles. The Bertz CT molecular complexity index is 732. The lowest BCUT2D eigenvalue weighted by Crippen LogP contribution is -2.45. The summed E-state index contributed by atoms with van der Waals surface area (Å²) in [5, 5.41) is 7.62. The van der Waals surface area contributed by atoms with E-state index in [1.165, 1.54) is 0 Å². The topological polar surface area (TPSA) is 53.4 Å². The molecule has 140 valence electrons. The summed E-state index contributed by atoms with van der Waals surface area (Å²) in [6.45, 7) is 10.1. The van der Waals surface area contributed by atoms with Gasteiger partial charge in [-0.2, -0.15) is 5.10 Å². The highest BCUT2D eigenvalue weighted by atomic mass is 16.1. The Morgan fingerprint density at radius 2 is 1.81 bits per heavy atom. The minimum absolute atomic E-state index is 0.0273. The Morgan fingerprint density at radius 1 is 1.12 bits per heavy atom. The van der Waals surface area contributed by atoms with E-state index < -0.39 is 0 Å². The number of carbonyl (C=O) groups excluding carboxylic acids is 1. The van der Waals surface area contributed by atoms with Gasteiger partial charge in [0.15, 0.2) is 0 Å². The smallest absolute Gasteiger partial charge is 0.255 e. The lowest BCUT2D eigenvalue weighted by atomic mass is 10.2. The predicted octanol–water partition coefficient (Wildman–Crippen LogP) is 1.86. The molecule has 0 unspecified atom stereocenters. The van der Waals surface area contributed by atoms with Crippen LogP contribution in [0.5, 0.6) is 0 Å². The van der Waals surface area contributed by atoms with Gasteiger partial charge in [0.05, 0.1) is 22.6 Å². The second-order valence-electron chi connectivity index (χ2n) is 7.05. The molecular formula is C20H29N5O. The number of hydrogen-bond acceptors (Lipinski definition) is 4. The van der Waals surface area contributed by atoms with Gasteiger partial charge in [0.2, 0.25) is 0 Å². The van der Waals surface area contributed by atoms with Crippen molar-refractivity contribution in [3.8, 4) is 5.69 Å². The molecule has 1 aliphatic heterocycles. The van der Waals surface area contributed by atoms with Crippen molar-refractivity contribution in [1.29, 1.82) is 0 Å². The Hall–Kier alpha value is -2.18. The number of nitrogens with one attached hydrogen (secondary N) is 1. The molecule has 0 aliphatic carbocycles. The summed E-state index contributed by atoms with van der Waals surface area (Å²) in [7, 11) is 2.16. The lowest BCUT2D eigenvalue weighted by Gasteiger charge is -2.32. The predicted molar refractivity (Wildman–Crippen MR) is 104 cm³/mol. The number of likely N-dealkylation sites (N-methyl/N-ethyl adjacent to an activating group) is 1. The summed E-state index contributed by atoms with van der Waals surface area (Å²) in [4.78, 5) is 17.5. The number of aromatic nitrogens is 2. The Balaban J connectivity index is 1.54. The van der Waals surface area contributed by atoms with Crippen molar-refractivity contribution in [3.63, 3.8) is 0 Å². The minimum Gasteiger partial charge on any atom is -0.352 e. The third-order valence-electron chi connectivity index (χ3n) is 5.05. The van der Waals surface area contributed by atoms with Crippen LogP contribution in [0.4, 0.5) is 0 Å². The Kier molecular flexibility index (Phi) is 6.06. The van der Waals surface area contributed by atoms with Crippen LogP contribution >= 0.6 is 0 Å². The van der Waals surface area contributed by atoms with Crippen molar-refractivity contribution in [2.24, 2.45) is 0 Å². The van der Waals surface area contributed by atoms with E-state index in [0.29, 0.717) is 12.1 Å². The number of benzene rings is 1. The van der Waals surface area contributed by atoms with Crippen LogP contribution in [0.1, 0.15) is 28.2 Å². The number of aryl methyl sites for hydroxylation is 1. The highest BCUT2D eigenvalue weighted by molar-refractivity contribution is 5.96. The molecule has 1 aliphatic rings. The summed E-state index contributed by atoms with van der Waals surface area (Å²) in [5.41, 5.74) is 3.31. The lowest BCUT2D eigenvalue weighted by molar-refractivity contribution is 0.0948. The van der Waals surface area contributed by atoms with Gasteiger partial charge in [-0.1, -0.05) is 18.2 Å². The van der Waals surface area contributed by atoms with Crippen molar-refractivity contribution >= 4 is 5.91 Å². The standard InChI is InChI=1S/C20H29N5O/c1-16-19(17(2)25(22-16)18-8-5-4-6-9-18)20(26)21-10-7-11-24-14-12-23(3)13-15-24/h4-6,8-9H,7,10-15H2,1-3H3,(H,21,26). The molecule has 0 bridgehead atoms. The monoisotopic (exact) mass is 355 g/mol. The molecule has 0 spiro atoms. The summed E-state index contributed by atoms with van der Waals surface area (Å²) in [6.07, 6.45) is 0.973. The zero-order valence-electron chi connectivity index (χ0n) is 16.0. The minimum atomic E-state index is -0.0273. The number of rotatable bonds is 6. The molecule has 1 amide bonds. The molecule has 1 aromatic carbocycles. The zero-order valence-corrected chi connectivity index (χ0v) is 16.0. The van der Waals surface area contributed by atoms with E-state index in [-0.39, 0.29) is 5.91 Å². The molecule has 1 N–H and O–H groups in total. The zero-order chi connectivity index (χ0) is 18.5. The second-order valence-corrected chi connectivity index (χ2v) is 7.05. The van der Waals surface area contributed by atoms with Crippen LogP contribution in [0, 0.1) is 13.8 Å². The Labute approximate surface area is 155 Å². The van der Waals surface area contributed by atoms with Crippen LogP contribution in [0.2, 0.25) is 0 Å². The van der Waals surface area contributed by atoms with Crippen LogP contribution in [0.25, 0.3) is 5.69 Å². The summed E-state index contributed by atoms with van der Waals surface area (Å²) < 4.78 is 1.84. The van der Waals surface area contributed by atoms with Gasteiger partial charge in [0.25, 0.3) is 5.91 Å². The summed E-state index contributed by atoms with van der Waals surface area (Å²) in [5.74, 6) is -0.0273. The maximum absolute atomic E-state index is 12.6. The van der Waals surface area contributed by atoms with Crippen LogP contribution < -0.4 is 5.32 Å². The van der Waals surface area contributed by atoms with Gasteiger partial charge in [-0.25, -0.2) is 4.68 Å². The molecule has 2 aromatic rings. The van der Waals surface area contributed by atoms with Crippen molar-refractivity contribution in [2.45, 2.75) is 20.3 Å². The van der Waals surface area contributed by atoms with Crippen molar-refractivity contribution in [1.82, 2.24) is 24.9 Å². The molecule has 26 heavy (non-hydrogen) atoms. The number of piperazine rings is 1. The molecule has 6 nitrogen and oxygen atoms in total. The molecule has 1 aromatic heterocycles. The quantitative estimate of drug-likeness (QED) is 0.804. The number of amides is 1. The highest BCUT2D eigenvalue weighted by Crippen LogP contribution is 2.17. The van der Waals surface area contributed by atoms with E-state index in [9.17, 15) is 4.79 Å². The first-order valence-electron chi connectivity index (χ1n) is 9.37. The summed E-state index contributed by atoms with van der Waals surface area (Å²) >= 11 is 0. The van der Waals surface area contributed by atoms with Gasteiger partial charge in [0.1, 0.15) is 0 Å². The van der Waals surface area contributed by atoms with Gasteiger partial charge < -0.3 is 15.1 Å². The van der Waals surface area contributed by atoms with E-state index in [1.54, 1.807) is 0 Å². The van der Waals surface area contributed by atoms with Crippen molar-refractivity contribution in [3.05, 3.63) is 47.3 Å². The second kappa shape index (κ2) is 8.47. The SMILES string of the molecule is Cc1nn(-c2ccccc2)c(C)c1C(=O)NCCCN1CCN(C)CC1. The fourth-order valence-electron chi connectivity index (χ4n) is 3.46. The van der Waals surface area contributed by atoms with Gasteiger partial charge in [0, 0.05) is 32.7 Å². The average molecular weight is 355 g/mol. The molecule has 0 atom stereocenters. The molecule has 1 fully saturated rings. The molecule has 0 saturated carbocycles. The van der Waals surface area contributed by atoms with E-state index >= 15 is 0 Å². The maximum atomic E-state index is 12.6. The van der Waals surface area contributed by atoms with Gasteiger partial charge in [-0.15, -0.1) is 0 Å². The van der Waals surface area contributed by atoms with Gasteiger partial charge >= 0.3 is 0 Å². The molecule has 6 heteroatoms. The van der Waals surface area contributed by atoms with Crippen LogP contribution in [0.3, 0.4) is 0 Å².